The fraction of sp³-hybridized carbons (Fsp3) is 0.753. The van der Waals surface area contributed by atoms with Crippen LogP contribution in [0.15, 0.2) is 97.2 Å². The molecule has 478 valence electrons. The molecule has 6 heteroatoms. The number of ether oxygens (including phenoxy) is 3. The average Bonchev–Trinajstić information content (AvgIpc) is 3.50. The molecule has 0 bridgehead atoms. The number of carbonyl (C=O) groups is 3. The molecule has 0 aromatic rings. The lowest BCUT2D eigenvalue weighted by molar-refractivity contribution is -0.167. The van der Waals surface area contributed by atoms with Crippen molar-refractivity contribution in [2.24, 2.45) is 0 Å². The lowest BCUT2D eigenvalue weighted by atomic mass is 10.0. The number of hydrogen-bond donors (Lipinski definition) is 0. The minimum atomic E-state index is -0.810. The van der Waals surface area contributed by atoms with E-state index in [-0.39, 0.29) is 37.5 Å². The average molecular weight is 1160 g/mol. The molecule has 0 aromatic heterocycles. The molecule has 0 rings (SSSR count). The van der Waals surface area contributed by atoms with Crippen LogP contribution < -0.4 is 0 Å². The van der Waals surface area contributed by atoms with Gasteiger partial charge in [0.25, 0.3) is 0 Å². The molecule has 0 amide bonds. The lowest BCUT2D eigenvalue weighted by Crippen LogP contribution is -2.30. The highest BCUT2D eigenvalue weighted by Gasteiger charge is 2.19. The van der Waals surface area contributed by atoms with Crippen molar-refractivity contribution < 1.29 is 28.6 Å². The van der Waals surface area contributed by atoms with Gasteiger partial charge >= 0.3 is 17.9 Å². The van der Waals surface area contributed by atoms with Gasteiger partial charge in [-0.3, -0.25) is 14.4 Å². The van der Waals surface area contributed by atoms with E-state index in [4.69, 9.17) is 14.2 Å². The third-order valence-electron chi connectivity index (χ3n) is 15.6. The molecule has 0 aromatic carbocycles. The van der Waals surface area contributed by atoms with Crippen molar-refractivity contribution in [2.75, 3.05) is 13.2 Å². The van der Waals surface area contributed by atoms with Crippen LogP contribution in [0.4, 0.5) is 0 Å². The number of carbonyl (C=O) groups excluding carboxylic acids is 3. The zero-order chi connectivity index (χ0) is 59.9. The van der Waals surface area contributed by atoms with Crippen LogP contribution in [0.2, 0.25) is 0 Å². The number of allylic oxidation sites excluding steroid dienone is 16. The highest BCUT2D eigenvalue weighted by Crippen LogP contribution is 2.18. The summed E-state index contributed by atoms with van der Waals surface area (Å²) in [6, 6.07) is 0. The second-order valence-electron chi connectivity index (χ2n) is 23.8. The van der Waals surface area contributed by atoms with Gasteiger partial charge in [0.2, 0.25) is 0 Å². The Morgan fingerprint density at radius 3 is 0.783 bits per heavy atom. The smallest absolute Gasteiger partial charge is 0.306 e. The molecule has 0 N–H and O–H groups in total. The van der Waals surface area contributed by atoms with Crippen LogP contribution in [0, 0.1) is 0 Å². The van der Waals surface area contributed by atoms with Gasteiger partial charge in [-0.25, -0.2) is 0 Å². The minimum Gasteiger partial charge on any atom is -0.462 e. The maximum absolute atomic E-state index is 13.0. The molecule has 83 heavy (non-hydrogen) atoms. The van der Waals surface area contributed by atoms with Gasteiger partial charge in [-0.2, -0.15) is 0 Å². The molecule has 0 radical (unpaired) electrons. The summed E-state index contributed by atoms with van der Waals surface area (Å²) >= 11 is 0. The molecular weight excluding hydrogens is 1020 g/mol. The summed E-state index contributed by atoms with van der Waals surface area (Å²) in [7, 11) is 0. The first kappa shape index (κ1) is 79.3. The fourth-order valence-corrected chi connectivity index (χ4v) is 10.3. The van der Waals surface area contributed by atoms with Gasteiger partial charge < -0.3 is 14.2 Å². The van der Waals surface area contributed by atoms with E-state index in [0.29, 0.717) is 19.3 Å². The van der Waals surface area contributed by atoms with E-state index in [9.17, 15) is 14.4 Å². The normalized spacial score (nSPS) is 12.7. The molecule has 0 saturated heterocycles. The van der Waals surface area contributed by atoms with Gasteiger partial charge in [0, 0.05) is 19.3 Å². The van der Waals surface area contributed by atoms with Gasteiger partial charge in [-0.1, -0.05) is 336 Å². The van der Waals surface area contributed by atoms with Gasteiger partial charge in [0.05, 0.1) is 0 Å². The van der Waals surface area contributed by atoms with Gasteiger partial charge in [-0.15, -0.1) is 0 Å². The van der Waals surface area contributed by atoms with Crippen molar-refractivity contribution >= 4 is 17.9 Å². The Bertz CT molecular complexity index is 1610. The summed E-state index contributed by atoms with van der Waals surface area (Å²) in [6.07, 6.45) is 95.9. The Balaban J connectivity index is 4.37. The standard InChI is InChI=1S/C77H134O6/c1-4-7-10-13-16-19-22-25-28-31-33-35-36-37-38-39-40-42-43-46-49-52-55-58-61-64-67-70-76(79)82-73-74(72-81-75(78)69-66-63-60-57-54-51-48-45-30-27-24-21-18-15-12-9-6-3)83-77(80)71-68-65-62-59-56-53-50-47-44-41-34-32-29-26-23-20-17-14-11-8-5-2/h9,12,18,21,23,26-27,30,32,34,44,47-48,51,57,60,74H,4-8,10-11,13-17,19-20,22,24-25,28-29,31,33,35-43,45-46,49-50,52-56,58-59,61-73H2,1-3H3/b12-9-,21-18-,26-23-,30-27-,34-32-,47-44-,51-48-,60-57-. The first-order valence-electron chi connectivity index (χ1n) is 35.7. The number of rotatable bonds is 65. The maximum Gasteiger partial charge on any atom is 0.306 e. The van der Waals surface area contributed by atoms with Crippen molar-refractivity contribution in [3.8, 4) is 0 Å². The monoisotopic (exact) mass is 1160 g/mol. The Morgan fingerprint density at radius 1 is 0.253 bits per heavy atom. The fourth-order valence-electron chi connectivity index (χ4n) is 10.3. The highest BCUT2D eigenvalue weighted by molar-refractivity contribution is 5.71. The van der Waals surface area contributed by atoms with Crippen LogP contribution in [0.1, 0.15) is 355 Å². The summed E-state index contributed by atoms with van der Waals surface area (Å²) in [5.41, 5.74) is 0. The van der Waals surface area contributed by atoms with Crippen molar-refractivity contribution in [1.82, 2.24) is 0 Å². The molecule has 1 unspecified atom stereocenters. The third-order valence-corrected chi connectivity index (χ3v) is 15.6. The third kappa shape index (κ3) is 69.0. The van der Waals surface area contributed by atoms with E-state index < -0.39 is 6.10 Å². The van der Waals surface area contributed by atoms with E-state index in [1.54, 1.807) is 0 Å². The van der Waals surface area contributed by atoms with E-state index >= 15 is 0 Å². The Kier molecular flexibility index (Phi) is 67.7. The zero-order valence-corrected chi connectivity index (χ0v) is 54.9. The Hall–Kier alpha value is -3.67. The second-order valence-corrected chi connectivity index (χ2v) is 23.8. The largest absolute Gasteiger partial charge is 0.462 e. The number of hydrogen-bond acceptors (Lipinski definition) is 6. The quantitative estimate of drug-likeness (QED) is 0.0261. The van der Waals surface area contributed by atoms with Crippen LogP contribution in [0.5, 0.6) is 0 Å². The summed E-state index contributed by atoms with van der Waals surface area (Å²) < 4.78 is 16.9. The Labute approximate surface area is 515 Å². The van der Waals surface area contributed by atoms with Crippen LogP contribution in [-0.2, 0) is 28.6 Å². The van der Waals surface area contributed by atoms with Crippen molar-refractivity contribution in [3.63, 3.8) is 0 Å². The molecular formula is C77H134O6. The molecule has 1 atom stereocenters. The topological polar surface area (TPSA) is 78.9 Å². The van der Waals surface area contributed by atoms with Crippen molar-refractivity contribution in [1.29, 1.82) is 0 Å². The van der Waals surface area contributed by atoms with Gasteiger partial charge in [-0.05, 0) is 96.3 Å². The lowest BCUT2D eigenvalue weighted by Gasteiger charge is -2.18. The molecule has 0 spiro atoms. The van der Waals surface area contributed by atoms with E-state index in [1.165, 1.54) is 205 Å². The van der Waals surface area contributed by atoms with Crippen molar-refractivity contribution in [2.45, 2.75) is 361 Å². The Morgan fingerprint density at radius 2 is 0.482 bits per heavy atom. The molecule has 0 heterocycles. The van der Waals surface area contributed by atoms with Crippen LogP contribution >= 0.6 is 0 Å². The summed E-state index contributed by atoms with van der Waals surface area (Å²) in [4.78, 5) is 38.4. The number of esters is 3. The molecule has 0 aliphatic heterocycles. The first-order valence-corrected chi connectivity index (χ1v) is 35.7. The van der Waals surface area contributed by atoms with Gasteiger partial charge in [0.15, 0.2) is 6.10 Å². The van der Waals surface area contributed by atoms with Crippen molar-refractivity contribution in [3.05, 3.63) is 97.2 Å². The second kappa shape index (κ2) is 70.8. The predicted molar refractivity (Wildman–Crippen MR) is 362 cm³/mol. The summed E-state index contributed by atoms with van der Waals surface area (Å²) in [5.74, 6) is -0.956. The van der Waals surface area contributed by atoms with E-state index in [0.717, 1.165) is 103 Å². The number of unbranched alkanes of at least 4 members (excludes halogenated alkanes) is 38. The summed E-state index contributed by atoms with van der Waals surface area (Å²) in [6.45, 7) is 6.50. The maximum atomic E-state index is 13.0. The van der Waals surface area contributed by atoms with E-state index in [1.807, 2.05) is 0 Å². The highest BCUT2D eigenvalue weighted by atomic mass is 16.6. The summed E-state index contributed by atoms with van der Waals surface area (Å²) in [5, 5.41) is 0. The molecule has 0 saturated carbocycles. The van der Waals surface area contributed by atoms with Crippen LogP contribution in [-0.4, -0.2) is 37.2 Å². The molecule has 0 aliphatic carbocycles. The minimum absolute atomic E-state index is 0.0984. The zero-order valence-electron chi connectivity index (χ0n) is 54.9. The molecule has 6 nitrogen and oxygen atoms in total. The van der Waals surface area contributed by atoms with Crippen LogP contribution in [0.25, 0.3) is 0 Å². The SMILES string of the molecule is CC/C=C\C/C=C\C/C=C\C/C=C\C/C=C\CCCC(=O)OCC(COC(=O)CCCCCCCCCCCCCCCCCCCCCCCCCCCCC)OC(=O)CCCCCCCC/C=C\C/C=C\C/C=C\CCCCCCC. The van der Waals surface area contributed by atoms with Gasteiger partial charge in [0.1, 0.15) is 13.2 Å². The first-order chi connectivity index (χ1) is 41.0. The van der Waals surface area contributed by atoms with Crippen LogP contribution in [0.3, 0.4) is 0 Å². The molecule has 0 fully saturated rings. The molecule has 0 aliphatic rings. The predicted octanol–water partition coefficient (Wildman–Crippen LogP) is 24.8. The van der Waals surface area contributed by atoms with E-state index in [2.05, 4.69) is 118 Å².